The van der Waals surface area contributed by atoms with Crippen molar-refractivity contribution < 1.29 is 4.79 Å². The summed E-state index contributed by atoms with van der Waals surface area (Å²) >= 11 is 3.31. The third kappa shape index (κ3) is 4.04. The summed E-state index contributed by atoms with van der Waals surface area (Å²) in [7, 11) is 0. The quantitative estimate of drug-likeness (QED) is 0.898. The molecule has 1 aromatic rings. The first-order valence-corrected chi connectivity index (χ1v) is 6.50. The van der Waals surface area contributed by atoms with Crippen LogP contribution in [0.1, 0.15) is 26.3 Å². The summed E-state index contributed by atoms with van der Waals surface area (Å²) in [5, 5.41) is 14.9. The Balaban J connectivity index is 2.79. The van der Waals surface area contributed by atoms with Gasteiger partial charge >= 0.3 is 0 Å². The molecule has 0 heterocycles. The molecule has 1 aromatic carbocycles. The van der Waals surface area contributed by atoms with E-state index in [0.29, 0.717) is 11.3 Å². The number of halogens is 1. The van der Waals surface area contributed by atoms with Crippen LogP contribution in [0.15, 0.2) is 22.7 Å². The van der Waals surface area contributed by atoms with Crippen LogP contribution in [0.5, 0.6) is 0 Å². The minimum absolute atomic E-state index is 0.0863. The van der Waals surface area contributed by atoms with Crippen LogP contribution in [0.3, 0.4) is 0 Å². The van der Waals surface area contributed by atoms with Gasteiger partial charge < -0.3 is 10.6 Å². The zero-order valence-corrected chi connectivity index (χ0v) is 12.2. The van der Waals surface area contributed by atoms with Crippen molar-refractivity contribution in [3.8, 4) is 6.07 Å². The van der Waals surface area contributed by atoms with Crippen molar-refractivity contribution in [2.24, 2.45) is 0 Å². The van der Waals surface area contributed by atoms with Crippen molar-refractivity contribution in [1.82, 2.24) is 5.32 Å². The van der Waals surface area contributed by atoms with Gasteiger partial charge in [-0.3, -0.25) is 4.79 Å². The van der Waals surface area contributed by atoms with Gasteiger partial charge in [0.15, 0.2) is 0 Å². The maximum absolute atomic E-state index is 11.8. The van der Waals surface area contributed by atoms with E-state index in [-0.39, 0.29) is 18.0 Å². The Kier molecular flexibility index (Phi) is 5.17. The highest BCUT2D eigenvalue weighted by Crippen LogP contribution is 2.20. The Morgan fingerprint density at radius 1 is 1.39 bits per heavy atom. The number of rotatable bonds is 4. The Bertz CT molecular complexity index is 480. The van der Waals surface area contributed by atoms with Crippen molar-refractivity contribution in [3.63, 3.8) is 0 Å². The lowest BCUT2D eigenvalue weighted by atomic mass is 10.1. The third-order valence-corrected chi connectivity index (χ3v) is 2.79. The molecule has 1 rings (SSSR count). The largest absolute Gasteiger partial charge is 0.373 e. The summed E-state index contributed by atoms with van der Waals surface area (Å²) in [6.45, 7) is 5.58. The highest BCUT2D eigenvalue weighted by Gasteiger charge is 2.14. The van der Waals surface area contributed by atoms with Crippen molar-refractivity contribution in [3.05, 3.63) is 28.2 Å². The van der Waals surface area contributed by atoms with Crippen LogP contribution in [0.25, 0.3) is 0 Å². The van der Waals surface area contributed by atoms with Gasteiger partial charge in [0.25, 0.3) is 0 Å². The van der Waals surface area contributed by atoms with Crippen molar-refractivity contribution >= 4 is 27.5 Å². The normalized spacial score (nSPS) is 11.8. The molecule has 18 heavy (non-hydrogen) atoms. The molecule has 0 bridgehead atoms. The van der Waals surface area contributed by atoms with E-state index in [1.165, 1.54) is 0 Å². The monoisotopic (exact) mass is 309 g/mol. The molecule has 1 atom stereocenters. The van der Waals surface area contributed by atoms with Gasteiger partial charge in [-0.25, -0.2) is 0 Å². The van der Waals surface area contributed by atoms with E-state index in [1.807, 2.05) is 19.9 Å². The smallest absolute Gasteiger partial charge is 0.242 e. The molecule has 0 spiro atoms. The first kappa shape index (κ1) is 14.5. The van der Waals surface area contributed by atoms with E-state index in [0.717, 1.165) is 4.47 Å². The number of hydrogen-bond acceptors (Lipinski definition) is 3. The fraction of sp³-hybridized carbons (Fsp3) is 0.385. The van der Waals surface area contributed by atoms with Crippen LogP contribution in [-0.2, 0) is 4.79 Å². The molecule has 0 saturated carbocycles. The molecule has 4 nitrogen and oxygen atoms in total. The SMILES string of the molecule is CC(C)NC(=O)C(C)Nc1ccc(Br)cc1C#N. The lowest BCUT2D eigenvalue weighted by molar-refractivity contribution is -0.122. The molecule has 0 aliphatic heterocycles. The highest BCUT2D eigenvalue weighted by molar-refractivity contribution is 9.10. The first-order valence-electron chi connectivity index (χ1n) is 5.70. The number of nitrogens with one attached hydrogen (secondary N) is 2. The molecular weight excluding hydrogens is 294 g/mol. The zero-order valence-electron chi connectivity index (χ0n) is 10.6. The lowest BCUT2D eigenvalue weighted by Crippen LogP contribution is -2.41. The Morgan fingerprint density at radius 3 is 2.61 bits per heavy atom. The second-order valence-corrected chi connectivity index (χ2v) is 5.25. The first-order chi connectivity index (χ1) is 8.43. The highest BCUT2D eigenvalue weighted by atomic mass is 79.9. The summed E-state index contributed by atoms with van der Waals surface area (Å²) in [4.78, 5) is 11.8. The Labute approximate surface area is 116 Å². The molecule has 1 unspecified atom stereocenters. The van der Waals surface area contributed by atoms with Crippen molar-refractivity contribution in [2.45, 2.75) is 32.9 Å². The second-order valence-electron chi connectivity index (χ2n) is 4.33. The van der Waals surface area contributed by atoms with Crippen LogP contribution in [-0.4, -0.2) is 18.0 Å². The lowest BCUT2D eigenvalue weighted by Gasteiger charge is -2.17. The van der Waals surface area contributed by atoms with Gasteiger partial charge in [0, 0.05) is 10.5 Å². The van der Waals surface area contributed by atoms with Crippen molar-refractivity contribution in [2.75, 3.05) is 5.32 Å². The summed E-state index contributed by atoms with van der Waals surface area (Å²) in [6, 6.07) is 7.13. The second kappa shape index (κ2) is 6.41. The number of hydrogen-bond donors (Lipinski definition) is 2. The number of carbonyl (C=O) groups is 1. The predicted molar refractivity (Wildman–Crippen MR) is 75.2 cm³/mol. The van der Waals surface area contributed by atoms with Gasteiger partial charge in [-0.15, -0.1) is 0 Å². The van der Waals surface area contributed by atoms with Crippen molar-refractivity contribution in [1.29, 1.82) is 5.26 Å². The van der Waals surface area contributed by atoms with E-state index in [2.05, 4.69) is 32.6 Å². The summed E-state index contributed by atoms with van der Waals surface area (Å²) in [5.41, 5.74) is 1.17. The Morgan fingerprint density at radius 2 is 2.06 bits per heavy atom. The van der Waals surface area contributed by atoms with Crippen LogP contribution < -0.4 is 10.6 Å². The summed E-state index contributed by atoms with van der Waals surface area (Å²) in [5.74, 6) is -0.0863. The van der Waals surface area contributed by atoms with E-state index in [4.69, 9.17) is 5.26 Å². The Hall–Kier alpha value is -1.54. The van der Waals surface area contributed by atoms with Crippen LogP contribution in [0, 0.1) is 11.3 Å². The molecule has 0 aromatic heterocycles. The van der Waals surface area contributed by atoms with Gasteiger partial charge in [-0.2, -0.15) is 5.26 Å². The van der Waals surface area contributed by atoms with Crippen LogP contribution >= 0.6 is 15.9 Å². The summed E-state index contributed by atoms with van der Waals surface area (Å²) < 4.78 is 0.837. The average Bonchev–Trinajstić information content (AvgIpc) is 2.30. The molecule has 2 N–H and O–H groups in total. The van der Waals surface area contributed by atoms with Gasteiger partial charge in [-0.05, 0) is 39.0 Å². The molecule has 0 aliphatic rings. The maximum Gasteiger partial charge on any atom is 0.242 e. The zero-order chi connectivity index (χ0) is 13.7. The fourth-order valence-corrected chi connectivity index (χ4v) is 1.80. The van der Waals surface area contributed by atoms with E-state index in [9.17, 15) is 4.79 Å². The molecule has 5 heteroatoms. The maximum atomic E-state index is 11.8. The molecule has 0 aliphatic carbocycles. The molecule has 0 saturated heterocycles. The summed E-state index contributed by atoms with van der Waals surface area (Å²) in [6.07, 6.45) is 0. The predicted octanol–water partition coefficient (Wildman–Crippen LogP) is 2.65. The van der Waals surface area contributed by atoms with Gasteiger partial charge in [0.2, 0.25) is 5.91 Å². The number of benzene rings is 1. The number of amides is 1. The topological polar surface area (TPSA) is 64.9 Å². The number of carbonyl (C=O) groups excluding carboxylic acids is 1. The molecule has 96 valence electrons. The molecule has 0 radical (unpaired) electrons. The van der Waals surface area contributed by atoms with E-state index >= 15 is 0 Å². The third-order valence-electron chi connectivity index (χ3n) is 2.30. The van der Waals surface area contributed by atoms with Crippen LogP contribution in [0.4, 0.5) is 5.69 Å². The number of nitrogens with zero attached hydrogens (tertiary/aromatic N) is 1. The number of nitriles is 1. The minimum Gasteiger partial charge on any atom is -0.373 e. The van der Waals surface area contributed by atoms with Gasteiger partial charge in [0.05, 0.1) is 11.3 Å². The van der Waals surface area contributed by atoms with Gasteiger partial charge in [0.1, 0.15) is 12.1 Å². The fourth-order valence-electron chi connectivity index (χ4n) is 1.44. The minimum atomic E-state index is -0.388. The molecule has 1 amide bonds. The van der Waals surface area contributed by atoms with Crippen LogP contribution in [0.2, 0.25) is 0 Å². The average molecular weight is 310 g/mol. The van der Waals surface area contributed by atoms with Gasteiger partial charge in [-0.1, -0.05) is 15.9 Å². The van der Waals surface area contributed by atoms with E-state index in [1.54, 1.807) is 19.1 Å². The number of anilines is 1. The molecular formula is C13H16BrN3O. The standard InChI is InChI=1S/C13H16BrN3O/c1-8(2)16-13(18)9(3)17-12-5-4-11(14)6-10(12)7-15/h4-6,8-9,17H,1-3H3,(H,16,18). The molecule has 0 fully saturated rings. The van der Waals surface area contributed by atoms with E-state index < -0.39 is 0 Å².